The van der Waals surface area contributed by atoms with Gasteiger partial charge in [0.15, 0.2) is 5.75 Å². The van der Waals surface area contributed by atoms with E-state index in [0.29, 0.717) is 32.8 Å². The topological polar surface area (TPSA) is 69.2 Å². The van der Waals surface area contributed by atoms with Crippen LogP contribution < -0.4 is 14.8 Å². The van der Waals surface area contributed by atoms with Crippen LogP contribution >= 0.6 is 39.1 Å². The smallest absolute Gasteiger partial charge is 0.330 e. The Balaban J connectivity index is 2.34. The van der Waals surface area contributed by atoms with Gasteiger partial charge >= 0.3 is 12.0 Å². The molecule has 0 amide bonds. The molecule has 0 radical (unpaired) electrons. The molecule has 2 aromatic rings. The van der Waals surface area contributed by atoms with Crippen LogP contribution in [0.15, 0.2) is 16.6 Å². The third-order valence-electron chi connectivity index (χ3n) is 2.27. The molecule has 0 atom stereocenters. The number of hydrogen-bond donors (Lipinski definition) is 1. The molecule has 112 valence electrons. The van der Waals surface area contributed by atoms with E-state index in [1.807, 2.05) is 6.92 Å². The minimum Gasteiger partial charge on any atom is -0.464 e. The van der Waals surface area contributed by atoms with Crippen molar-refractivity contribution in [2.45, 2.75) is 6.92 Å². The third kappa shape index (κ3) is 4.09. The van der Waals surface area contributed by atoms with Crippen molar-refractivity contribution in [1.29, 1.82) is 0 Å². The number of anilines is 1. The Morgan fingerprint density at radius 3 is 2.52 bits per heavy atom. The van der Waals surface area contributed by atoms with Crippen molar-refractivity contribution in [3.05, 3.63) is 26.7 Å². The Morgan fingerprint density at radius 2 is 1.86 bits per heavy atom. The lowest BCUT2D eigenvalue weighted by Gasteiger charge is -2.09. The number of hydrogen-bond acceptors (Lipinski definition) is 6. The fraction of sp³-hybridized carbons (Fsp3) is 0.250. The molecule has 0 unspecified atom stereocenters. The molecule has 0 aliphatic heterocycles. The third-order valence-corrected chi connectivity index (χ3v) is 3.76. The lowest BCUT2D eigenvalue weighted by atomic mass is 10.3. The summed E-state index contributed by atoms with van der Waals surface area (Å²) in [7, 11) is 1.68. The zero-order valence-corrected chi connectivity index (χ0v) is 14.3. The van der Waals surface area contributed by atoms with Gasteiger partial charge in [0, 0.05) is 17.6 Å². The van der Waals surface area contributed by atoms with Crippen LogP contribution in [0.4, 0.5) is 5.95 Å². The van der Waals surface area contributed by atoms with Gasteiger partial charge in [0.25, 0.3) is 0 Å². The number of halogens is 3. The van der Waals surface area contributed by atoms with Gasteiger partial charge in [-0.1, -0.05) is 23.2 Å². The second-order valence-electron chi connectivity index (χ2n) is 3.71. The minimum atomic E-state index is 0.0538. The predicted octanol–water partition coefficient (Wildman–Crippen LogP) is 4.17. The van der Waals surface area contributed by atoms with E-state index in [9.17, 15) is 0 Å². The van der Waals surface area contributed by atoms with E-state index in [1.54, 1.807) is 19.2 Å². The van der Waals surface area contributed by atoms with Gasteiger partial charge in [0.05, 0.1) is 16.7 Å². The fourth-order valence-electron chi connectivity index (χ4n) is 1.37. The molecule has 0 saturated heterocycles. The van der Waals surface area contributed by atoms with E-state index in [-0.39, 0.29) is 12.0 Å². The van der Waals surface area contributed by atoms with E-state index in [2.05, 4.69) is 36.2 Å². The van der Waals surface area contributed by atoms with E-state index >= 15 is 0 Å². The molecule has 1 aromatic heterocycles. The SMILES string of the molecule is CCOc1nc(NC)nc(Oc2cc(Cl)c(Br)cc2Cl)n1. The van der Waals surface area contributed by atoms with Crippen LogP contribution in [0, 0.1) is 0 Å². The summed E-state index contributed by atoms with van der Waals surface area (Å²) in [6, 6.07) is 3.41. The first-order valence-electron chi connectivity index (χ1n) is 5.92. The number of nitrogens with zero attached hydrogens (tertiary/aromatic N) is 3. The zero-order chi connectivity index (χ0) is 15.4. The molecule has 0 fully saturated rings. The minimum absolute atomic E-state index is 0.0538. The number of rotatable bonds is 5. The van der Waals surface area contributed by atoms with Crippen molar-refractivity contribution in [3.63, 3.8) is 0 Å². The molecule has 0 bridgehead atoms. The summed E-state index contributed by atoms with van der Waals surface area (Å²) >= 11 is 15.4. The van der Waals surface area contributed by atoms with Crippen molar-refractivity contribution in [3.8, 4) is 17.8 Å². The molecule has 1 aromatic carbocycles. The van der Waals surface area contributed by atoms with Gasteiger partial charge in [-0.25, -0.2) is 0 Å². The number of ether oxygens (including phenoxy) is 2. The molecule has 2 rings (SSSR count). The maximum Gasteiger partial charge on any atom is 0.330 e. The standard InChI is InChI=1S/C12H11BrCl2N4O2/c1-3-20-11-17-10(16-2)18-12(19-11)21-9-5-7(14)6(13)4-8(9)15/h4-5H,3H2,1-2H3,(H,16,17,18,19). The van der Waals surface area contributed by atoms with Gasteiger partial charge < -0.3 is 14.8 Å². The van der Waals surface area contributed by atoms with E-state index in [4.69, 9.17) is 32.7 Å². The average molecular weight is 394 g/mol. The van der Waals surface area contributed by atoms with Gasteiger partial charge in [-0.2, -0.15) is 9.97 Å². The van der Waals surface area contributed by atoms with Crippen molar-refractivity contribution < 1.29 is 9.47 Å². The lowest BCUT2D eigenvalue weighted by Crippen LogP contribution is -2.05. The van der Waals surface area contributed by atoms with E-state index in [0.717, 1.165) is 0 Å². The Morgan fingerprint density at radius 1 is 1.14 bits per heavy atom. The van der Waals surface area contributed by atoms with Crippen LogP contribution in [0.3, 0.4) is 0 Å². The maximum atomic E-state index is 6.09. The Kier molecular flexibility index (Phi) is 5.44. The summed E-state index contributed by atoms with van der Waals surface area (Å²) in [6.45, 7) is 2.26. The molecule has 6 nitrogen and oxygen atoms in total. The van der Waals surface area contributed by atoms with Gasteiger partial charge in [0.1, 0.15) is 0 Å². The highest BCUT2D eigenvalue weighted by Gasteiger charge is 2.12. The highest BCUT2D eigenvalue weighted by Crippen LogP contribution is 2.36. The normalized spacial score (nSPS) is 10.3. The van der Waals surface area contributed by atoms with Crippen LogP contribution in [0.1, 0.15) is 6.92 Å². The molecule has 1 heterocycles. The highest BCUT2D eigenvalue weighted by molar-refractivity contribution is 9.10. The first kappa shape index (κ1) is 16.1. The summed E-state index contributed by atoms with van der Waals surface area (Å²) in [5.41, 5.74) is 0. The van der Waals surface area contributed by atoms with Crippen molar-refractivity contribution >= 4 is 45.1 Å². The largest absolute Gasteiger partial charge is 0.464 e. The lowest BCUT2D eigenvalue weighted by molar-refractivity contribution is 0.304. The summed E-state index contributed by atoms with van der Waals surface area (Å²) in [5.74, 6) is 0.656. The van der Waals surface area contributed by atoms with E-state index < -0.39 is 0 Å². The number of aromatic nitrogens is 3. The molecule has 0 aliphatic carbocycles. The van der Waals surface area contributed by atoms with E-state index in [1.165, 1.54) is 0 Å². The summed E-state index contributed by atoms with van der Waals surface area (Å²) in [5, 5.41) is 3.63. The Bertz CT molecular complexity index is 657. The Hall–Kier alpha value is -1.31. The van der Waals surface area contributed by atoms with Crippen molar-refractivity contribution in [2.24, 2.45) is 0 Å². The second kappa shape index (κ2) is 7.11. The van der Waals surface area contributed by atoms with Crippen LogP contribution in [-0.4, -0.2) is 28.6 Å². The molecule has 0 aliphatic rings. The molecular weight excluding hydrogens is 383 g/mol. The van der Waals surface area contributed by atoms with Crippen LogP contribution in [0.2, 0.25) is 10.0 Å². The van der Waals surface area contributed by atoms with Gasteiger partial charge in [-0.3, -0.25) is 0 Å². The Labute approximate surface area is 139 Å². The molecule has 0 spiro atoms. The summed E-state index contributed by atoms with van der Waals surface area (Å²) in [6.07, 6.45) is 0. The summed E-state index contributed by atoms with van der Waals surface area (Å²) in [4.78, 5) is 12.1. The van der Waals surface area contributed by atoms with Crippen LogP contribution in [0.25, 0.3) is 0 Å². The van der Waals surface area contributed by atoms with Crippen LogP contribution in [-0.2, 0) is 0 Å². The second-order valence-corrected chi connectivity index (χ2v) is 5.37. The molecule has 9 heteroatoms. The van der Waals surface area contributed by atoms with Gasteiger partial charge in [-0.05, 0) is 28.9 Å². The summed E-state index contributed by atoms with van der Waals surface area (Å²) < 4.78 is 11.5. The van der Waals surface area contributed by atoms with Crippen molar-refractivity contribution in [2.75, 3.05) is 19.0 Å². The molecule has 0 saturated carbocycles. The number of benzene rings is 1. The van der Waals surface area contributed by atoms with Gasteiger partial charge in [0.2, 0.25) is 5.95 Å². The number of nitrogens with one attached hydrogen (secondary N) is 1. The van der Waals surface area contributed by atoms with Crippen molar-refractivity contribution in [1.82, 2.24) is 15.0 Å². The quantitative estimate of drug-likeness (QED) is 0.768. The fourth-order valence-corrected chi connectivity index (χ4v) is 2.20. The first-order valence-corrected chi connectivity index (χ1v) is 7.47. The highest BCUT2D eigenvalue weighted by atomic mass is 79.9. The average Bonchev–Trinajstić information content (AvgIpc) is 2.45. The van der Waals surface area contributed by atoms with Crippen LogP contribution in [0.5, 0.6) is 17.8 Å². The van der Waals surface area contributed by atoms with Gasteiger partial charge in [-0.15, -0.1) is 4.98 Å². The zero-order valence-electron chi connectivity index (χ0n) is 11.2. The maximum absolute atomic E-state index is 6.09. The predicted molar refractivity (Wildman–Crippen MR) is 84.8 cm³/mol. The molecular formula is C12H11BrCl2N4O2. The monoisotopic (exact) mass is 392 g/mol. The molecule has 1 N–H and O–H groups in total. The molecule has 21 heavy (non-hydrogen) atoms. The first-order chi connectivity index (χ1) is 10.0.